The van der Waals surface area contributed by atoms with Crippen molar-refractivity contribution >= 4 is 33.2 Å². The molecule has 0 unspecified atom stereocenters. The molecule has 0 radical (unpaired) electrons. The summed E-state index contributed by atoms with van der Waals surface area (Å²) in [5, 5.41) is 5.22. The monoisotopic (exact) mass is 411 g/mol. The molecule has 3 rings (SSSR count). The third kappa shape index (κ3) is 5.00. The van der Waals surface area contributed by atoms with Crippen LogP contribution in [0.5, 0.6) is 0 Å². The lowest BCUT2D eigenvalue weighted by Crippen LogP contribution is -3.14. The first-order valence-electron chi connectivity index (χ1n) is 9.48. The number of amides is 2. The van der Waals surface area contributed by atoms with Gasteiger partial charge < -0.3 is 20.3 Å². The highest BCUT2D eigenvalue weighted by molar-refractivity contribution is 7.93. The highest BCUT2D eigenvalue weighted by Crippen LogP contribution is 2.28. The lowest BCUT2D eigenvalue weighted by atomic mass is 10.1. The lowest BCUT2D eigenvalue weighted by Gasteiger charge is -2.23. The molecule has 3 N–H and O–H groups in total. The first-order chi connectivity index (χ1) is 13.4. The lowest BCUT2D eigenvalue weighted by molar-refractivity contribution is -0.906. The number of aryl methyl sites for hydroxylation is 1. The van der Waals surface area contributed by atoms with Gasteiger partial charge >= 0.3 is 11.8 Å². The second kappa shape index (κ2) is 8.89. The Hall–Kier alpha value is -2.17. The maximum atomic E-state index is 12.2. The van der Waals surface area contributed by atoms with Gasteiger partial charge in [0.1, 0.15) is 13.1 Å². The maximum Gasteiger partial charge on any atom is 0.313 e. The number of ether oxygens (including phenoxy) is 1. The summed E-state index contributed by atoms with van der Waals surface area (Å²) >= 11 is 0. The number of sulfonamides is 1. The fourth-order valence-electron chi connectivity index (χ4n) is 3.35. The fourth-order valence-corrected chi connectivity index (χ4v) is 4.91. The predicted octanol–water partition coefficient (Wildman–Crippen LogP) is -1.50. The van der Waals surface area contributed by atoms with E-state index in [0.717, 1.165) is 25.2 Å². The van der Waals surface area contributed by atoms with Crippen LogP contribution >= 0.6 is 0 Å². The summed E-state index contributed by atoms with van der Waals surface area (Å²) < 4.78 is 30.8. The van der Waals surface area contributed by atoms with Gasteiger partial charge in [-0.05, 0) is 31.0 Å². The van der Waals surface area contributed by atoms with Crippen molar-refractivity contribution < 1.29 is 27.6 Å². The minimum atomic E-state index is -3.31. The quantitative estimate of drug-likeness (QED) is 0.511. The fraction of sp³-hybridized carbons (Fsp3) is 0.556. The maximum absolute atomic E-state index is 12.2. The van der Waals surface area contributed by atoms with E-state index in [9.17, 15) is 18.0 Å². The molecule has 2 heterocycles. The van der Waals surface area contributed by atoms with Gasteiger partial charge in [0.15, 0.2) is 0 Å². The third-order valence-electron chi connectivity index (χ3n) is 5.03. The molecule has 28 heavy (non-hydrogen) atoms. The summed E-state index contributed by atoms with van der Waals surface area (Å²) in [6.45, 7) is 6.58. The van der Waals surface area contributed by atoms with E-state index in [1.807, 2.05) is 0 Å². The number of anilines is 2. The van der Waals surface area contributed by atoms with Crippen LogP contribution in [0.1, 0.15) is 12.0 Å². The molecule has 0 aliphatic carbocycles. The molecule has 2 aliphatic rings. The van der Waals surface area contributed by atoms with Crippen LogP contribution < -0.4 is 19.8 Å². The number of carbonyl (C=O) groups is 2. The highest BCUT2D eigenvalue weighted by atomic mass is 32.2. The van der Waals surface area contributed by atoms with Crippen LogP contribution in [-0.4, -0.2) is 71.9 Å². The second-order valence-electron chi connectivity index (χ2n) is 7.06. The molecule has 2 aliphatic heterocycles. The Morgan fingerprint density at radius 1 is 1.21 bits per heavy atom. The average molecular weight is 412 g/mol. The Morgan fingerprint density at radius 2 is 1.96 bits per heavy atom. The predicted molar refractivity (Wildman–Crippen MR) is 105 cm³/mol. The summed E-state index contributed by atoms with van der Waals surface area (Å²) in [5.41, 5.74) is 1.67. The molecule has 10 heteroatoms. The van der Waals surface area contributed by atoms with Gasteiger partial charge in [0.2, 0.25) is 10.0 Å². The zero-order chi connectivity index (χ0) is 20.1. The van der Waals surface area contributed by atoms with Gasteiger partial charge in [-0.1, -0.05) is 6.07 Å². The molecule has 2 amide bonds. The van der Waals surface area contributed by atoms with Gasteiger partial charge in [-0.15, -0.1) is 0 Å². The molecule has 9 nitrogen and oxygen atoms in total. The van der Waals surface area contributed by atoms with E-state index in [0.29, 0.717) is 44.1 Å². The molecule has 0 aromatic heterocycles. The van der Waals surface area contributed by atoms with Crippen LogP contribution in [0, 0.1) is 6.92 Å². The van der Waals surface area contributed by atoms with Crippen molar-refractivity contribution in [3.63, 3.8) is 0 Å². The molecular formula is C18H27N4O5S+. The molecule has 0 bridgehead atoms. The smallest absolute Gasteiger partial charge is 0.313 e. The minimum Gasteiger partial charge on any atom is -0.370 e. The summed E-state index contributed by atoms with van der Waals surface area (Å²) in [6, 6.07) is 5.04. The Labute approximate surface area is 165 Å². The van der Waals surface area contributed by atoms with Crippen LogP contribution in [0.3, 0.4) is 0 Å². The summed E-state index contributed by atoms with van der Waals surface area (Å²) in [5.74, 6) is -1.34. The van der Waals surface area contributed by atoms with E-state index in [2.05, 4.69) is 10.6 Å². The number of rotatable bonds is 5. The molecule has 2 fully saturated rings. The van der Waals surface area contributed by atoms with Gasteiger partial charge in [-0.3, -0.25) is 13.9 Å². The van der Waals surface area contributed by atoms with Gasteiger partial charge in [0.25, 0.3) is 0 Å². The molecule has 0 saturated carbocycles. The van der Waals surface area contributed by atoms with Crippen molar-refractivity contribution in [3.05, 3.63) is 23.8 Å². The zero-order valence-corrected chi connectivity index (χ0v) is 16.8. The number of benzene rings is 1. The summed E-state index contributed by atoms with van der Waals surface area (Å²) in [7, 11) is -3.31. The Balaban J connectivity index is 1.57. The number of hydrogen-bond acceptors (Lipinski definition) is 5. The van der Waals surface area contributed by atoms with Crippen molar-refractivity contribution in [2.45, 2.75) is 13.3 Å². The zero-order valence-electron chi connectivity index (χ0n) is 16.0. The standard InChI is InChI=1S/C18H26N4O5S/c1-14-3-4-15(22-6-2-12-28(22,25)26)13-16(14)20-18(24)17(23)19-5-7-21-8-10-27-11-9-21/h3-4,13H,2,5-12H2,1H3,(H,19,23)(H,20,24)/p+1. The van der Waals surface area contributed by atoms with Gasteiger partial charge in [-0.2, -0.15) is 0 Å². The first kappa shape index (κ1) is 20.6. The van der Waals surface area contributed by atoms with Crippen LogP contribution in [0.15, 0.2) is 18.2 Å². The van der Waals surface area contributed by atoms with Gasteiger partial charge in [0, 0.05) is 12.2 Å². The molecule has 1 aromatic carbocycles. The van der Waals surface area contributed by atoms with Gasteiger partial charge in [-0.25, -0.2) is 8.42 Å². The van der Waals surface area contributed by atoms with E-state index in [1.54, 1.807) is 25.1 Å². The summed E-state index contributed by atoms with van der Waals surface area (Å²) in [4.78, 5) is 25.6. The van der Waals surface area contributed by atoms with Crippen molar-refractivity contribution in [1.29, 1.82) is 0 Å². The SMILES string of the molecule is Cc1ccc(N2CCCS2(=O)=O)cc1NC(=O)C(=O)NCC[NH+]1CCOCC1. The number of quaternary nitrogens is 1. The van der Waals surface area contributed by atoms with Crippen molar-refractivity contribution in [1.82, 2.24) is 5.32 Å². The topological polar surface area (TPSA) is 109 Å². The molecule has 2 saturated heterocycles. The van der Waals surface area contributed by atoms with E-state index in [4.69, 9.17) is 4.74 Å². The van der Waals surface area contributed by atoms with Crippen LogP contribution in [-0.2, 0) is 24.3 Å². The number of morpholine rings is 1. The number of carbonyl (C=O) groups excluding carboxylic acids is 2. The van der Waals surface area contributed by atoms with Crippen molar-refractivity contribution in [2.24, 2.45) is 0 Å². The molecule has 0 atom stereocenters. The van der Waals surface area contributed by atoms with Crippen LogP contribution in [0.25, 0.3) is 0 Å². The first-order valence-corrected chi connectivity index (χ1v) is 11.1. The largest absolute Gasteiger partial charge is 0.370 e. The molecule has 1 aromatic rings. The third-order valence-corrected chi connectivity index (χ3v) is 6.90. The van der Waals surface area contributed by atoms with Crippen LogP contribution in [0.4, 0.5) is 11.4 Å². The number of nitrogens with one attached hydrogen (secondary N) is 3. The van der Waals surface area contributed by atoms with E-state index >= 15 is 0 Å². The van der Waals surface area contributed by atoms with Crippen LogP contribution in [0.2, 0.25) is 0 Å². The van der Waals surface area contributed by atoms with Crippen molar-refractivity contribution in [3.8, 4) is 0 Å². The highest BCUT2D eigenvalue weighted by Gasteiger charge is 2.29. The average Bonchev–Trinajstić information content (AvgIpc) is 3.03. The van der Waals surface area contributed by atoms with E-state index < -0.39 is 21.8 Å². The Morgan fingerprint density at radius 3 is 2.64 bits per heavy atom. The summed E-state index contributed by atoms with van der Waals surface area (Å²) in [6.07, 6.45) is 0.575. The molecular weight excluding hydrogens is 384 g/mol. The minimum absolute atomic E-state index is 0.121. The Kier molecular flexibility index (Phi) is 6.53. The molecule has 154 valence electrons. The van der Waals surface area contributed by atoms with E-state index in [-0.39, 0.29) is 5.75 Å². The molecule has 0 spiro atoms. The second-order valence-corrected chi connectivity index (χ2v) is 9.08. The Bertz CT molecular complexity index is 836. The number of nitrogens with zero attached hydrogens (tertiary/aromatic N) is 1. The number of hydrogen-bond donors (Lipinski definition) is 3. The normalized spacial score (nSPS) is 19.4. The van der Waals surface area contributed by atoms with Gasteiger partial charge in [0.05, 0.1) is 37.7 Å². The van der Waals surface area contributed by atoms with Crippen molar-refractivity contribution in [2.75, 3.05) is 61.3 Å². The van der Waals surface area contributed by atoms with E-state index in [1.165, 1.54) is 9.21 Å².